The van der Waals surface area contributed by atoms with Gasteiger partial charge in [0.25, 0.3) is 5.91 Å². The molecule has 2 fully saturated rings. The van der Waals surface area contributed by atoms with E-state index in [-0.39, 0.29) is 41.6 Å². The Balaban J connectivity index is 1.37. The van der Waals surface area contributed by atoms with Gasteiger partial charge in [-0.05, 0) is 55.8 Å². The summed E-state index contributed by atoms with van der Waals surface area (Å²) in [5.74, 6) is -0.524. The second kappa shape index (κ2) is 9.48. The second-order valence-corrected chi connectivity index (χ2v) is 7.95. The summed E-state index contributed by atoms with van der Waals surface area (Å²) in [7, 11) is 0. The van der Waals surface area contributed by atoms with Crippen LogP contribution in [-0.4, -0.2) is 61.4 Å². The molecule has 0 spiro atoms. The predicted molar refractivity (Wildman–Crippen MR) is 116 cm³/mol. The Kier molecular flexibility index (Phi) is 6.50. The van der Waals surface area contributed by atoms with E-state index in [1.165, 1.54) is 19.1 Å². The summed E-state index contributed by atoms with van der Waals surface area (Å²) in [6.07, 6.45) is 1.03. The van der Waals surface area contributed by atoms with E-state index in [4.69, 9.17) is 9.47 Å². The highest BCUT2D eigenvalue weighted by molar-refractivity contribution is 5.98. The van der Waals surface area contributed by atoms with Crippen LogP contribution in [0, 0.1) is 5.82 Å². The number of hydrogen-bond acceptors (Lipinski definition) is 5. The molecule has 0 aliphatic carbocycles. The summed E-state index contributed by atoms with van der Waals surface area (Å²) in [5, 5.41) is 0. The molecule has 0 radical (unpaired) electrons. The fourth-order valence-corrected chi connectivity index (χ4v) is 3.98. The summed E-state index contributed by atoms with van der Waals surface area (Å²) < 4.78 is 24.9. The molecule has 168 valence electrons. The highest BCUT2D eigenvalue weighted by atomic mass is 19.1. The number of hydrogen-bond donors (Lipinski definition) is 0. The minimum atomic E-state index is -0.506. The number of Topliss-reactive ketones (excluding diaryl/α,β-unsaturated/α-hetero) is 1. The van der Waals surface area contributed by atoms with Crippen LogP contribution in [0.1, 0.15) is 40.5 Å². The average Bonchev–Trinajstić information content (AvgIpc) is 3.23. The Labute approximate surface area is 185 Å². The van der Waals surface area contributed by atoms with Crippen molar-refractivity contribution in [2.75, 3.05) is 37.7 Å². The van der Waals surface area contributed by atoms with Crippen molar-refractivity contribution in [3.05, 3.63) is 59.4 Å². The largest absolute Gasteiger partial charge is 0.490 e. The first kappa shape index (κ1) is 22.0. The maximum atomic E-state index is 13.4. The Morgan fingerprint density at radius 2 is 1.94 bits per heavy atom. The van der Waals surface area contributed by atoms with Crippen LogP contribution in [0.25, 0.3) is 0 Å². The van der Waals surface area contributed by atoms with Crippen LogP contribution in [0.4, 0.5) is 10.1 Å². The lowest BCUT2D eigenvalue weighted by atomic mass is 10.1. The molecule has 32 heavy (non-hydrogen) atoms. The van der Waals surface area contributed by atoms with Crippen LogP contribution in [0.15, 0.2) is 42.5 Å². The molecule has 4 rings (SSSR count). The molecule has 2 aliphatic heterocycles. The van der Waals surface area contributed by atoms with E-state index in [9.17, 15) is 18.8 Å². The number of halogens is 1. The van der Waals surface area contributed by atoms with Gasteiger partial charge in [0.2, 0.25) is 5.91 Å². The zero-order chi connectivity index (χ0) is 22.7. The lowest BCUT2D eigenvalue weighted by Crippen LogP contribution is -2.47. The van der Waals surface area contributed by atoms with Crippen molar-refractivity contribution in [3.8, 4) is 5.75 Å². The summed E-state index contributed by atoms with van der Waals surface area (Å²) in [4.78, 5) is 40.0. The number of amides is 2. The Morgan fingerprint density at radius 1 is 1.16 bits per heavy atom. The van der Waals surface area contributed by atoms with Crippen molar-refractivity contribution in [2.24, 2.45) is 0 Å². The third-order valence-corrected chi connectivity index (χ3v) is 5.67. The normalized spacial score (nSPS) is 18.7. The number of carbonyl (C=O) groups is 3. The molecule has 0 aromatic heterocycles. The van der Waals surface area contributed by atoms with Crippen LogP contribution in [0.3, 0.4) is 0 Å². The van der Waals surface area contributed by atoms with Gasteiger partial charge in [-0.15, -0.1) is 0 Å². The van der Waals surface area contributed by atoms with E-state index in [1.807, 2.05) is 0 Å². The molecule has 2 heterocycles. The van der Waals surface area contributed by atoms with Crippen molar-refractivity contribution in [3.63, 3.8) is 0 Å². The fourth-order valence-electron chi connectivity index (χ4n) is 3.98. The van der Waals surface area contributed by atoms with Crippen molar-refractivity contribution < 1.29 is 28.2 Å². The maximum Gasteiger partial charge on any atom is 0.254 e. The minimum absolute atomic E-state index is 0.106. The molecule has 2 aromatic carbocycles. The molecular formula is C24H25FN2O5. The van der Waals surface area contributed by atoms with Gasteiger partial charge in [-0.2, -0.15) is 0 Å². The van der Waals surface area contributed by atoms with E-state index in [0.29, 0.717) is 38.2 Å². The summed E-state index contributed by atoms with van der Waals surface area (Å²) in [6.45, 7) is 3.34. The predicted octanol–water partition coefficient (Wildman–Crippen LogP) is 3.08. The lowest BCUT2D eigenvalue weighted by Gasteiger charge is -2.33. The van der Waals surface area contributed by atoms with E-state index in [2.05, 4.69) is 0 Å². The zero-order valence-corrected chi connectivity index (χ0v) is 17.9. The Hall–Kier alpha value is -3.26. The van der Waals surface area contributed by atoms with E-state index in [0.717, 1.165) is 18.2 Å². The van der Waals surface area contributed by atoms with Gasteiger partial charge in [0, 0.05) is 30.8 Å². The van der Waals surface area contributed by atoms with Crippen molar-refractivity contribution >= 4 is 23.3 Å². The highest BCUT2D eigenvalue weighted by Crippen LogP contribution is 2.23. The average molecular weight is 440 g/mol. The topological polar surface area (TPSA) is 76.2 Å². The number of carbonyl (C=O) groups excluding carboxylic acids is 3. The van der Waals surface area contributed by atoms with Crippen LogP contribution in [0.2, 0.25) is 0 Å². The molecule has 0 saturated carbocycles. The minimum Gasteiger partial charge on any atom is -0.490 e. The first-order chi connectivity index (χ1) is 15.4. The van der Waals surface area contributed by atoms with Gasteiger partial charge in [-0.1, -0.05) is 0 Å². The molecule has 0 bridgehead atoms. The molecule has 0 N–H and O–H groups in total. The van der Waals surface area contributed by atoms with Gasteiger partial charge >= 0.3 is 0 Å². The van der Waals surface area contributed by atoms with Crippen LogP contribution in [0.5, 0.6) is 5.75 Å². The summed E-state index contributed by atoms with van der Waals surface area (Å²) in [5.41, 5.74) is 1.52. The Bertz CT molecular complexity index is 1020. The standard InChI is InChI=1S/C24H25FN2O5/c1-16(28)21-13-18(25)6-9-22(21)32-15-20-14-26(11-12-31-20)24(30)17-4-7-19(8-5-17)27-10-2-3-23(27)29/h4-9,13,20H,2-3,10-12,14-15H2,1H3. The first-order valence-corrected chi connectivity index (χ1v) is 10.7. The van der Waals surface area contributed by atoms with E-state index >= 15 is 0 Å². The molecule has 2 aromatic rings. The number of morpholine rings is 1. The number of ketones is 1. The van der Waals surface area contributed by atoms with Gasteiger partial charge in [-0.3, -0.25) is 14.4 Å². The third kappa shape index (κ3) is 4.80. The Morgan fingerprint density at radius 3 is 2.62 bits per heavy atom. The molecule has 1 unspecified atom stereocenters. The first-order valence-electron chi connectivity index (χ1n) is 10.7. The molecule has 1 atom stereocenters. The molecular weight excluding hydrogens is 415 g/mol. The lowest BCUT2D eigenvalue weighted by molar-refractivity contribution is -0.117. The van der Waals surface area contributed by atoms with Crippen molar-refractivity contribution in [1.82, 2.24) is 4.90 Å². The van der Waals surface area contributed by atoms with Gasteiger partial charge in [0.05, 0.1) is 18.7 Å². The van der Waals surface area contributed by atoms with Crippen LogP contribution >= 0.6 is 0 Å². The monoisotopic (exact) mass is 440 g/mol. The smallest absolute Gasteiger partial charge is 0.254 e. The van der Waals surface area contributed by atoms with Gasteiger partial charge in [0.15, 0.2) is 5.78 Å². The van der Waals surface area contributed by atoms with Gasteiger partial charge < -0.3 is 19.3 Å². The highest BCUT2D eigenvalue weighted by Gasteiger charge is 2.27. The van der Waals surface area contributed by atoms with Crippen molar-refractivity contribution in [1.29, 1.82) is 0 Å². The van der Waals surface area contributed by atoms with Crippen LogP contribution in [-0.2, 0) is 9.53 Å². The molecule has 2 saturated heterocycles. The number of rotatable bonds is 6. The molecule has 2 aliphatic rings. The number of nitrogens with zero attached hydrogens (tertiary/aromatic N) is 2. The van der Waals surface area contributed by atoms with E-state index in [1.54, 1.807) is 34.1 Å². The maximum absolute atomic E-state index is 13.4. The number of ether oxygens (including phenoxy) is 2. The molecule has 7 nitrogen and oxygen atoms in total. The molecule has 8 heteroatoms. The van der Waals surface area contributed by atoms with Gasteiger partial charge in [-0.25, -0.2) is 4.39 Å². The van der Waals surface area contributed by atoms with E-state index < -0.39 is 5.82 Å². The second-order valence-electron chi connectivity index (χ2n) is 7.95. The third-order valence-electron chi connectivity index (χ3n) is 5.67. The number of anilines is 1. The summed E-state index contributed by atoms with van der Waals surface area (Å²) >= 11 is 0. The fraction of sp³-hybridized carbons (Fsp3) is 0.375. The zero-order valence-electron chi connectivity index (χ0n) is 17.9. The number of benzene rings is 2. The van der Waals surface area contributed by atoms with Crippen molar-refractivity contribution in [2.45, 2.75) is 25.9 Å². The molecule has 2 amide bonds. The van der Waals surface area contributed by atoms with Gasteiger partial charge in [0.1, 0.15) is 24.3 Å². The SMILES string of the molecule is CC(=O)c1cc(F)ccc1OCC1CN(C(=O)c2ccc(N3CCCC3=O)cc2)CCO1. The quantitative estimate of drug-likeness (QED) is 0.646. The van der Waals surface area contributed by atoms with Crippen LogP contribution < -0.4 is 9.64 Å². The summed E-state index contributed by atoms with van der Waals surface area (Å²) in [6, 6.07) is 10.9.